The molecule has 0 amide bonds. The summed E-state index contributed by atoms with van der Waals surface area (Å²) in [5, 5.41) is 11.5. The Labute approximate surface area is 139 Å². The van der Waals surface area contributed by atoms with E-state index in [9.17, 15) is 13.2 Å². The van der Waals surface area contributed by atoms with Crippen LogP contribution in [0, 0.1) is 11.3 Å². The van der Waals surface area contributed by atoms with Gasteiger partial charge in [-0.2, -0.15) is 13.2 Å². The van der Waals surface area contributed by atoms with Gasteiger partial charge in [-0.3, -0.25) is 0 Å². The fourth-order valence-corrected chi connectivity index (χ4v) is 3.22. The van der Waals surface area contributed by atoms with Crippen LogP contribution in [0.1, 0.15) is 24.0 Å². The summed E-state index contributed by atoms with van der Waals surface area (Å²) < 4.78 is 37.9. The normalized spacial score (nSPS) is 21.0. The molecule has 0 radical (unpaired) electrons. The second kappa shape index (κ2) is 6.67. The largest absolute Gasteiger partial charge is 0.416 e. The van der Waals surface area contributed by atoms with E-state index in [0.29, 0.717) is 12.1 Å². The van der Waals surface area contributed by atoms with Crippen LogP contribution < -0.4 is 5.32 Å². The molecule has 1 saturated carbocycles. The Morgan fingerprint density at radius 1 is 1.00 bits per heavy atom. The maximum absolute atomic E-state index is 12.6. The van der Waals surface area contributed by atoms with Gasteiger partial charge in [-0.15, -0.1) is 0 Å². The molecule has 0 aromatic heterocycles. The second-order valence-electron chi connectivity index (χ2n) is 6.21. The van der Waals surface area contributed by atoms with E-state index in [-0.39, 0.29) is 12.0 Å². The molecular weight excluding hydrogens is 313 g/mol. The van der Waals surface area contributed by atoms with Crippen LogP contribution in [-0.4, -0.2) is 11.8 Å². The average Bonchev–Trinajstić information content (AvgIpc) is 2.89. The minimum Gasteiger partial charge on any atom is -0.377 e. The number of anilines is 1. The Kier molecular flexibility index (Phi) is 4.60. The molecule has 3 rings (SSSR count). The molecule has 5 heteroatoms. The zero-order valence-electron chi connectivity index (χ0n) is 13.1. The van der Waals surface area contributed by atoms with Crippen LogP contribution in [0.25, 0.3) is 0 Å². The molecule has 2 aromatic carbocycles. The fourth-order valence-electron chi connectivity index (χ4n) is 3.22. The summed E-state index contributed by atoms with van der Waals surface area (Å²) in [6.07, 6.45) is -2.02. The van der Waals surface area contributed by atoms with Crippen molar-refractivity contribution < 1.29 is 13.2 Å². The maximum atomic E-state index is 12.6. The first-order valence-electron chi connectivity index (χ1n) is 7.98. The standard InChI is InChI=1S/C19H19F3N2/c20-19(21,22)15-9-6-13(7-10-15)12-14-8-11-17(23)18(14)24-16-4-2-1-3-5-16/h1-7,9-10,14,18,23-24H,8,11-12H2. The van der Waals surface area contributed by atoms with Crippen molar-refractivity contribution in [2.45, 2.75) is 31.5 Å². The molecule has 0 spiro atoms. The van der Waals surface area contributed by atoms with Crippen LogP contribution in [0.15, 0.2) is 54.6 Å². The minimum absolute atomic E-state index is 0.0605. The van der Waals surface area contributed by atoms with Crippen molar-refractivity contribution in [2.75, 3.05) is 5.32 Å². The monoisotopic (exact) mass is 332 g/mol. The van der Waals surface area contributed by atoms with Crippen LogP contribution in [0.3, 0.4) is 0 Å². The van der Waals surface area contributed by atoms with Gasteiger partial charge in [0.15, 0.2) is 0 Å². The van der Waals surface area contributed by atoms with Gasteiger partial charge in [-0.05, 0) is 55.0 Å². The third-order valence-corrected chi connectivity index (χ3v) is 4.51. The number of nitrogens with one attached hydrogen (secondary N) is 2. The minimum atomic E-state index is -4.30. The molecule has 1 aliphatic rings. The first-order valence-corrected chi connectivity index (χ1v) is 7.98. The third-order valence-electron chi connectivity index (χ3n) is 4.51. The smallest absolute Gasteiger partial charge is 0.377 e. The number of rotatable bonds is 4. The summed E-state index contributed by atoms with van der Waals surface area (Å²) in [4.78, 5) is 0. The zero-order valence-corrected chi connectivity index (χ0v) is 13.1. The van der Waals surface area contributed by atoms with Gasteiger partial charge in [0.25, 0.3) is 0 Å². The zero-order chi connectivity index (χ0) is 17.2. The van der Waals surface area contributed by atoms with Crippen LogP contribution in [0.2, 0.25) is 0 Å². The van der Waals surface area contributed by atoms with E-state index in [4.69, 9.17) is 5.41 Å². The summed E-state index contributed by atoms with van der Waals surface area (Å²) in [7, 11) is 0. The summed E-state index contributed by atoms with van der Waals surface area (Å²) in [6.45, 7) is 0. The SMILES string of the molecule is N=C1CCC(Cc2ccc(C(F)(F)F)cc2)C1Nc1ccccc1. The van der Waals surface area contributed by atoms with Crippen molar-refractivity contribution in [1.29, 1.82) is 5.41 Å². The molecule has 2 N–H and O–H groups in total. The molecule has 2 aromatic rings. The molecule has 2 nitrogen and oxygen atoms in total. The lowest BCUT2D eigenvalue weighted by molar-refractivity contribution is -0.137. The lowest BCUT2D eigenvalue weighted by Gasteiger charge is -2.22. The van der Waals surface area contributed by atoms with Crippen molar-refractivity contribution in [1.82, 2.24) is 0 Å². The number of para-hydroxylation sites is 1. The molecule has 0 bridgehead atoms. The molecule has 1 fully saturated rings. The highest BCUT2D eigenvalue weighted by Crippen LogP contribution is 2.32. The van der Waals surface area contributed by atoms with Gasteiger partial charge in [-0.1, -0.05) is 30.3 Å². The Bertz CT molecular complexity index is 693. The van der Waals surface area contributed by atoms with E-state index in [0.717, 1.165) is 36.2 Å². The number of alkyl halides is 3. The van der Waals surface area contributed by atoms with Crippen molar-refractivity contribution in [2.24, 2.45) is 5.92 Å². The highest BCUT2D eigenvalue weighted by Gasteiger charge is 2.33. The molecular formula is C19H19F3N2. The van der Waals surface area contributed by atoms with E-state index in [1.165, 1.54) is 0 Å². The van der Waals surface area contributed by atoms with Gasteiger partial charge >= 0.3 is 6.18 Å². The summed E-state index contributed by atoms with van der Waals surface area (Å²) in [5.74, 6) is 0.217. The van der Waals surface area contributed by atoms with Gasteiger partial charge in [0.2, 0.25) is 0 Å². The second-order valence-corrected chi connectivity index (χ2v) is 6.21. The Morgan fingerprint density at radius 2 is 1.67 bits per heavy atom. The van der Waals surface area contributed by atoms with Gasteiger partial charge < -0.3 is 10.7 Å². The van der Waals surface area contributed by atoms with Crippen molar-refractivity contribution in [3.05, 3.63) is 65.7 Å². The number of halogens is 3. The van der Waals surface area contributed by atoms with Crippen molar-refractivity contribution >= 4 is 11.4 Å². The molecule has 2 unspecified atom stereocenters. The lowest BCUT2D eigenvalue weighted by atomic mass is 9.93. The van der Waals surface area contributed by atoms with Crippen molar-refractivity contribution in [3.8, 4) is 0 Å². The van der Waals surface area contributed by atoms with E-state index < -0.39 is 11.7 Å². The van der Waals surface area contributed by atoms with Crippen LogP contribution in [0.4, 0.5) is 18.9 Å². The first kappa shape index (κ1) is 16.6. The van der Waals surface area contributed by atoms with Crippen LogP contribution in [-0.2, 0) is 12.6 Å². The predicted octanol–water partition coefficient (Wildman–Crippen LogP) is 5.16. The third kappa shape index (κ3) is 3.78. The topological polar surface area (TPSA) is 35.9 Å². The highest BCUT2D eigenvalue weighted by atomic mass is 19.4. The maximum Gasteiger partial charge on any atom is 0.416 e. The van der Waals surface area contributed by atoms with Crippen LogP contribution in [0.5, 0.6) is 0 Å². The quantitative estimate of drug-likeness (QED) is 0.797. The predicted molar refractivity (Wildman–Crippen MR) is 89.5 cm³/mol. The number of hydrogen-bond acceptors (Lipinski definition) is 2. The first-order chi connectivity index (χ1) is 11.4. The van der Waals surface area contributed by atoms with Gasteiger partial charge in [0, 0.05) is 11.4 Å². The molecule has 2 atom stereocenters. The molecule has 1 aliphatic carbocycles. The van der Waals surface area contributed by atoms with E-state index in [1.807, 2.05) is 30.3 Å². The molecule has 0 saturated heterocycles. The fraction of sp³-hybridized carbons (Fsp3) is 0.316. The summed E-state index contributed by atoms with van der Waals surface area (Å²) >= 11 is 0. The Balaban J connectivity index is 1.70. The summed E-state index contributed by atoms with van der Waals surface area (Å²) in [5.41, 5.74) is 1.88. The van der Waals surface area contributed by atoms with Gasteiger partial charge in [-0.25, -0.2) is 0 Å². The van der Waals surface area contributed by atoms with Crippen LogP contribution >= 0.6 is 0 Å². The highest BCUT2D eigenvalue weighted by molar-refractivity contribution is 5.91. The Hall–Kier alpha value is -2.30. The summed E-state index contributed by atoms with van der Waals surface area (Å²) in [6, 6.07) is 15.0. The molecule has 24 heavy (non-hydrogen) atoms. The number of benzene rings is 2. The lowest BCUT2D eigenvalue weighted by Crippen LogP contribution is -2.31. The van der Waals surface area contributed by atoms with E-state index >= 15 is 0 Å². The molecule has 0 aliphatic heterocycles. The molecule has 126 valence electrons. The average molecular weight is 332 g/mol. The van der Waals surface area contributed by atoms with Gasteiger partial charge in [0.1, 0.15) is 0 Å². The number of hydrogen-bond donors (Lipinski definition) is 2. The Morgan fingerprint density at radius 3 is 2.29 bits per heavy atom. The molecule has 0 heterocycles. The van der Waals surface area contributed by atoms with Gasteiger partial charge in [0.05, 0.1) is 11.6 Å². The van der Waals surface area contributed by atoms with E-state index in [1.54, 1.807) is 12.1 Å². The van der Waals surface area contributed by atoms with E-state index in [2.05, 4.69) is 5.32 Å². The van der Waals surface area contributed by atoms with Crippen molar-refractivity contribution in [3.63, 3.8) is 0 Å².